The summed E-state index contributed by atoms with van der Waals surface area (Å²) in [7, 11) is 0. The first-order chi connectivity index (χ1) is 13.4. The first-order valence-electron chi connectivity index (χ1n) is 9.57. The Kier molecular flexibility index (Phi) is 4.64. The first-order valence-corrected chi connectivity index (χ1v) is 9.57. The Bertz CT molecular complexity index is 791. The maximum absolute atomic E-state index is 12.9. The van der Waals surface area contributed by atoms with Crippen molar-refractivity contribution in [2.45, 2.75) is 32.2 Å². The Morgan fingerprint density at radius 2 is 1.79 bits per heavy atom. The van der Waals surface area contributed by atoms with Crippen LogP contribution >= 0.6 is 0 Å². The number of fused-ring (bicyclic) bond motifs is 1. The average Bonchev–Trinajstić information content (AvgIpc) is 3.07. The Morgan fingerprint density at radius 3 is 2.39 bits per heavy atom. The zero-order chi connectivity index (χ0) is 19.9. The molecule has 2 fully saturated rings. The number of benzene rings is 1. The summed E-state index contributed by atoms with van der Waals surface area (Å²) in [6, 6.07) is 4.45. The van der Waals surface area contributed by atoms with Crippen LogP contribution in [0.3, 0.4) is 0 Å². The lowest BCUT2D eigenvalue weighted by Gasteiger charge is -2.39. The van der Waals surface area contributed by atoms with Crippen LogP contribution in [0.5, 0.6) is 11.5 Å². The Morgan fingerprint density at radius 1 is 1.11 bits per heavy atom. The van der Waals surface area contributed by atoms with Crippen LogP contribution in [0.15, 0.2) is 18.2 Å². The lowest BCUT2D eigenvalue weighted by Crippen LogP contribution is -2.44. The maximum atomic E-state index is 12.9. The molecule has 1 N–H and O–H groups in total. The fraction of sp³-hybridized carbons (Fsp3) is 0.550. The summed E-state index contributed by atoms with van der Waals surface area (Å²) in [5.41, 5.74) is 0.332. The second kappa shape index (κ2) is 7.00. The third kappa shape index (κ3) is 3.27. The molecular weight excluding hydrogens is 364 g/mol. The zero-order valence-electron chi connectivity index (χ0n) is 15.8. The lowest BCUT2D eigenvalue weighted by molar-refractivity contribution is -0.147. The second-order valence-corrected chi connectivity index (χ2v) is 7.86. The fourth-order valence-corrected chi connectivity index (χ4v) is 4.51. The third-order valence-corrected chi connectivity index (χ3v) is 6.10. The highest BCUT2D eigenvalue weighted by Gasteiger charge is 2.49. The smallest absolute Gasteiger partial charge is 0.326 e. The van der Waals surface area contributed by atoms with Crippen molar-refractivity contribution >= 4 is 17.8 Å². The number of hydrogen-bond donors (Lipinski definition) is 1. The number of nitrogens with zero attached hydrogens (tertiary/aromatic N) is 2. The molecule has 28 heavy (non-hydrogen) atoms. The quantitative estimate of drug-likeness (QED) is 0.822. The number of carboxylic acids is 1. The monoisotopic (exact) mass is 388 g/mol. The van der Waals surface area contributed by atoms with Crippen molar-refractivity contribution in [1.82, 2.24) is 9.80 Å². The molecule has 3 heterocycles. The Labute approximate surface area is 163 Å². The highest BCUT2D eigenvalue weighted by molar-refractivity contribution is 5.95. The van der Waals surface area contributed by atoms with E-state index in [1.165, 1.54) is 11.8 Å². The van der Waals surface area contributed by atoms with Gasteiger partial charge in [-0.3, -0.25) is 9.59 Å². The predicted octanol–water partition coefficient (Wildman–Crippen LogP) is 1.39. The van der Waals surface area contributed by atoms with Gasteiger partial charge in [-0.2, -0.15) is 0 Å². The number of amides is 2. The average molecular weight is 388 g/mol. The number of hydrogen-bond acceptors (Lipinski definition) is 5. The summed E-state index contributed by atoms with van der Waals surface area (Å²) in [6.45, 7) is 3.93. The molecule has 1 aromatic rings. The molecule has 150 valence electrons. The van der Waals surface area contributed by atoms with Crippen molar-refractivity contribution in [3.8, 4) is 11.5 Å². The summed E-state index contributed by atoms with van der Waals surface area (Å²) in [4.78, 5) is 39.5. The number of piperidine rings is 1. The molecule has 3 aliphatic rings. The van der Waals surface area contributed by atoms with Crippen LogP contribution in [0.2, 0.25) is 0 Å². The van der Waals surface area contributed by atoms with Gasteiger partial charge in [0.05, 0.1) is 0 Å². The summed E-state index contributed by atoms with van der Waals surface area (Å²) >= 11 is 0. The second-order valence-electron chi connectivity index (χ2n) is 7.86. The predicted molar refractivity (Wildman–Crippen MR) is 98.4 cm³/mol. The van der Waals surface area contributed by atoms with Gasteiger partial charge < -0.3 is 24.4 Å². The van der Waals surface area contributed by atoms with Gasteiger partial charge in [0.15, 0.2) is 11.5 Å². The van der Waals surface area contributed by atoms with Crippen molar-refractivity contribution in [1.29, 1.82) is 0 Å². The van der Waals surface area contributed by atoms with E-state index in [1.54, 1.807) is 23.1 Å². The SMILES string of the molecule is CC(=O)N1CC2(CCN(C(=O)c3ccc4c(c3)OCCO4)CC2)CC1C(=O)O. The van der Waals surface area contributed by atoms with Gasteiger partial charge in [0.25, 0.3) is 5.91 Å². The van der Waals surface area contributed by atoms with E-state index in [0.717, 1.165) is 0 Å². The van der Waals surface area contributed by atoms with E-state index in [1.807, 2.05) is 0 Å². The molecule has 0 aromatic heterocycles. The molecular formula is C20H24N2O6. The van der Waals surface area contributed by atoms with E-state index in [9.17, 15) is 19.5 Å². The van der Waals surface area contributed by atoms with Gasteiger partial charge in [0.2, 0.25) is 5.91 Å². The topological polar surface area (TPSA) is 96.4 Å². The minimum absolute atomic E-state index is 0.0666. The molecule has 0 bridgehead atoms. The van der Waals surface area contributed by atoms with Gasteiger partial charge >= 0.3 is 5.97 Å². The molecule has 1 atom stereocenters. The van der Waals surface area contributed by atoms with Crippen LogP contribution in [-0.2, 0) is 9.59 Å². The highest BCUT2D eigenvalue weighted by atomic mass is 16.6. The molecule has 1 aromatic carbocycles. The number of ether oxygens (including phenoxy) is 2. The van der Waals surface area contributed by atoms with E-state index >= 15 is 0 Å². The minimum Gasteiger partial charge on any atom is -0.486 e. The largest absolute Gasteiger partial charge is 0.486 e. The molecule has 0 saturated carbocycles. The summed E-state index contributed by atoms with van der Waals surface area (Å²) < 4.78 is 11.1. The van der Waals surface area contributed by atoms with E-state index in [2.05, 4.69) is 0 Å². The molecule has 2 amide bonds. The molecule has 8 nitrogen and oxygen atoms in total. The number of likely N-dealkylation sites (tertiary alicyclic amines) is 2. The summed E-state index contributed by atoms with van der Waals surface area (Å²) in [5, 5.41) is 9.45. The van der Waals surface area contributed by atoms with E-state index < -0.39 is 12.0 Å². The van der Waals surface area contributed by atoms with Crippen molar-refractivity contribution < 1.29 is 29.0 Å². The first kappa shape index (κ1) is 18.6. The summed E-state index contributed by atoms with van der Waals surface area (Å²) in [6.07, 6.45) is 1.83. The van der Waals surface area contributed by atoms with E-state index in [4.69, 9.17) is 9.47 Å². The third-order valence-electron chi connectivity index (χ3n) is 6.10. The zero-order valence-corrected chi connectivity index (χ0v) is 15.8. The van der Waals surface area contributed by atoms with Gasteiger partial charge in [0.1, 0.15) is 19.3 Å². The molecule has 1 spiro atoms. The van der Waals surface area contributed by atoms with Crippen molar-refractivity contribution in [2.75, 3.05) is 32.8 Å². The van der Waals surface area contributed by atoms with Crippen LogP contribution in [0, 0.1) is 5.41 Å². The van der Waals surface area contributed by atoms with Gasteiger partial charge in [0, 0.05) is 32.1 Å². The Hall–Kier alpha value is -2.77. The van der Waals surface area contributed by atoms with E-state index in [0.29, 0.717) is 69.2 Å². The minimum atomic E-state index is -0.957. The van der Waals surface area contributed by atoms with Crippen LogP contribution in [-0.4, -0.2) is 71.6 Å². The highest BCUT2D eigenvalue weighted by Crippen LogP contribution is 2.44. The molecule has 0 aliphatic carbocycles. The number of carbonyl (C=O) groups excluding carboxylic acids is 2. The van der Waals surface area contributed by atoms with Gasteiger partial charge in [-0.25, -0.2) is 4.79 Å². The molecule has 2 saturated heterocycles. The normalized spacial score (nSPS) is 23.0. The molecule has 8 heteroatoms. The van der Waals surface area contributed by atoms with Crippen LogP contribution in [0.25, 0.3) is 0 Å². The molecule has 3 aliphatic heterocycles. The fourth-order valence-electron chi connectivity index (χ4n) is 4.51. The van der Waals surface area contributed by atoms with Crippen LogP contribution < -0.4 is 9.47 Å². The number of carboxylic acid groups (broad SMARTS) is 1. The van der Waals surface area contributed by atoms with Crippen molar-refractivity contribution in [3.63, 3.8) is 0 Å². The molecule has 0 radical (unpaired) electrons. The number of aliphatic carboxylic acids is 1. The standard InChI is InChI=1S/C20H24N2O6/c1-13(23)22-12-20(11-15(22)19(25)26)4-6-21(7-5-20)18(24)14-2-3-16-17(10-14)28-9-8-27-16/h2-3,10,15H,4-9,11-12H2,1H3,(H,25,26). The van der Waals surface area contributed by atoms with Crippen LogP contribution in [0.4, 0.5) is 0 Å². The van der Waals surface area contributed by atoms with Crippen molar-refractivity contribution in [2.24, 2.45) is 5.41 Å². The van der Waals surface area contributed by atoms with Gasteiger partial charge in [-0.1, -0.05) is 0 Å². The van der Waals surface area contributed by atoms with Crippen molar-refractivity contribution in [3.05, 3.63) is 23.8 Å². The van der Waals surface area contributed by atoms with Gasteiger partial charge in [-0.05, 0) is 42.9 Å². The number of carbonyl (C=O) groups is 3. The van der Waals surface area contributed by atoms with Gasteiger partial charge in [-0.15, -0.1) is 0 Å². The molecule has 1 unspecified atom stereocenters. The molecule has 4 rings (SSSR count). The Balaban J connectivity index is 1.43. The lowest BCUT2D eigenvalue weighted by atomic mass is 9.76. The van der Waals surface area contributed by atoms with Crippen LogP contribution in [0.1, 0.15) is 36.5 Å². The van der Waals surface area contributed by atoms with E-state index in [-0.39, 0.29) is 17.2 Å². The summed E-state index contributed by atoms with van der Waals surface area (Å²) in [5.74, 6) is 0.00195. The number of rotatable bonds is 2. The maximum Gasteiger partial charge on any atom is 0.326 e.